The summed E-state index contributed by atoms with van der Waals surface area (Å²) in [4.78, 5) is 25.8. The van der Waals surface area contributed by atoms with Crippen LogP contribution < -0.4 is 10.2 Å². The Morgan fingerprint density at radius 3 is 2.45 bits per heavy atom. The van der Waals surface area contributed by atoms with E-state index in [0.29, 0.717) is 16.5 Å². The van der Waals surface area contributed by atoms with Gasteiger partial charge in [-0.2, -0.15) is 0 Å². The van der Waals surface area contributed by atoms with Gasteiger partial charge in [-0.25, -0.2) is 4.79 Å². The highest BCUT2D eigenvalue weighted by molar-refractivity contribution is 5.91. The molecule has 154 valence electrons. The van der Waals surface area contributed by atoms with Crippen molar-refractivity contribution in [1.82, 2.24) is 0 Å². The zero-order valence-electron chi connectivity index (χ0n) is 17.4. The van der Waals surface area contributed by atoms with Gasteiger partial charge < -0.3 is 9.15 Å². The summed E-state index contributed by atoms with van der Waals surface area (Å²) < 4.78 is 11.6. The lowest BCUT2D eigenvalue weighted by atomic mass is 10.1. The Labute approximate surface area is 180 Å². The van der Waals surface area contributed by atoms with Crippen LogP contribution in [0.2, 0.25) is 0 Å². The molecule has 4 nitrogen and oxygen atoms in total. The molecule has 0 fully saturated rings. The van der Waals surface area contributed by atoms with Gasteiger partial charge in [0.25, 0.3) is 0 Å². The van der Waals surface area contributed by atoms with Gasteiger partial charge in [0, 0.05) is 11.6 Å². The number of esters is 1. The number of carbonyl (C=O) groups excluding carboxylic acids is 1. The fourth-order valence-corrected chi connectivity index (χ4v) is 3.29. The van der Waals surface area contributed by atoms with Gasteiger partial charge in [-0.3, -0.25) is 4.79 Å². The summed E-state index contributed by atoms with van der Waals surface area (Å²) in [6.07, 6.45) is 3.75. The van der Waals surface area contributed by atoms with Crippen LogP contribution in [0.1, 0.15) is 23.6 Å². The molecule has 0 atom stereocenters. The number of rotatable bonds is 5. The van der Waals surface area contributed by atoms with Gasteiger partial charge in [0.05, 0.1) is 5.39 Å². The molecule has 4 heteroatoms. The number of hydrogen-bond acceptors (Lipinski definition) is 4. The summed E-state index contributed by atoms with van der Waals surface area (Å²) in [5.74, 6) is -0.513. The van der Waals surface area contributed by atoms with Crippen molar-refractivity contribution in [2.24, 2.45) is 0 Å². The van der Waals surface area contributed by atoms with E-state index in [9.17, 15) is 9.59 Å². The van der Waals surface area contributed by atoms with Crippen LogP contribution >= 0.6 is 0 Å². The van der Waals surface area contributed by atoms with Crippen LogP contribution in [0.5, 0.6) is 5.75 Å². The lowest BCUT2D eigenvalue weighted by Gasteiger charge is -2.10. The molecule has 0 saturated carbocycles. The fraction of sp³-hybridized carbons (Fsp3) is 0.111. The highest BCUT2D eigenvalue weighted by Gasteiger charge is 2.20. The molecule has 4 rings (SSSR count). The molecule has 4 aromatic rings. The van der Waals surface area contributed by atoms with Crippen molar-refractivity contribution in [3.8, 4) is 17.1 Å². The molecule has 0 N–H and O–H groups in total. The molecule has 1 aromatic heterocycles. The molecule has 0 aliphatic rings. The van der Waals surface area contributed by atoms with Crippen LogP contribution in [0, 0.1) is 6.92 Å². The lowest BCUT2D eigenvalue weighted by Crippen LogP contribution is -2.14. The highest BCUT2D eigenvalue weighted by Crippen LogP contribution is 2.31. The molecule has 0 bridgehead atoms. The van der Waals surface area contributed by atoms with E-state index in [-0.39, 0.29) is 16.9 Å². The number of fused-ring (bicyclic) bond motifs is 1. The molecule has 0 unspecified atom stereocenters. The predicted molar refractivity (Wildman–Crippen MR) is 123 cm³/mol. The minimum Gasteiger partial charge on any atom is -0.452 e. The van der Waals surface area contributed by atoms with Crippen LogP contribution in [-0.2, 0) is 11.2 Å². The number of hydrogen-bond donors (Lipinski definition) is 0. The average molecular weight is 410 g/mol. The molecule has 0 aliphatic carbocycles. The van der Waals surface area contributed by atoms with Gasteiger partial charge in [0.15, 0.2) is 5.76 Å². The van der Waals surface area contributed by atoms with Gasteiger partial charge in [0.2, 0.25) is 11.2 Å². The normalized spacial score (nSPS) is 11.2. The average Bonchev–Trinajstić information content (AvgIpc) is 2.80. The molecule has 3 aromatic carbocycles. The minimum atomic E-state index is -0.643. The van der Waals surface area contributed by atoms with E-state index in [2.05, 4.69) is 0 Å². The molecular weight excluding hydrogens is 388 g/mol. The smallest absolute Gasteiger partial charge is 0.336 e. The Bertz CT molecular complexity index is 1310. The standard InChI is InChI=1S/C27H22O4/c1-3-19-13-15-23-22(17-19)25(29)27(26(30-23)21-7-5-4-6-8-21)31-24(28)16-14-20-11-9-18(2)10-12-20/h4-17H,3H2,1-2H3/b16-14+. The molecular formula is C27H22O4. The molecule has 31 heavy (non-hydrogen) atoms. The van der Waals surface area contributed by atoms with Gasteiger partial charge in [-0.1, -0.05) is 73.2 Å². The Balaban J connectivity index is 1.77. The van der Waals surface area contributed by atoms with Crippen LogP contribution in [-0.4, -0.2) is 5.97 Å². The van der Waals surface area contributed by atoms with Crippen molar-refractivity contribution >= 4 is 23.0 Å². The lowest BCUT2D eigenvalue weighted by molar-refractivity contribution is -0.129. The Hall–Kier alpha value is -3.92. The third kappa shape index (κ3) is 4.48. The van der Waals surface area contributed by atoms with E-state index >= 15 is 0 Å². The van der Waals surface area contributed by atoms with Gasteiger partial charge in [0.1, 0.15) is 5.58 Å². The van der Waals surface area contributed by atoms with E-state index in [0.717, 1.165) is 23.1 Å². The van der Waals surface area contributed by atoms with Gasteiger partial charge in [-0.15, -0.1) is 0 Å². The maximum atomic E-state index is 13.3. The van der Waals surface area contributed by atoms with Crippen molar-refractivity contribution < 1.29 is 13.9 Å². The zero-order chi connectivity index (χ0) is 21.8. The minimum absolute atomic E-state index is 0.106. The van der Waals surface area contributed by atoms with E-state index in [1.54, 1.807) is 18.2 Å². The number of ether oxygens (including phenoxy) is 1. The topological polar surface area (TPSA) is 56.5 Å². The van der Waals surface area contributed by atoms with Crippen molar-refractivity contribution in [3.05, 3.63) is 106 Å². The largest absolute Gasteiger partial charge is 0.452 e. The molecule has 0 amide bonds. The molecule has 0 aliphatic heterocycles. The summed E-state index contributed by atoms with van der Waals surface area (Å²) in [6, 6.07) is 22.4. The molecule has 0 spiro atoms. The van der Waals surface area contributed by atoms with Gasteiger partial charge in [-0.05, 0) is 42.7 Å². The second-order valence-corrected chi connectivity index (χ2v) is 7.30. The Morgan fingerprint density at radius 1 is 1.00 bits per heavy atom. The number of benzene rings is 3. The Kier molecular flexibility index (Phi) is 5.80. The zero-order valence-corrected chi connectivity index (χ0v) is 17.4. The van der Waals surface area contributed by atoms with E-state index in [1.807, 2.05) is 74.5 Å². The van der Waals surface area contributed by atoms with E-state index in [4.69, 9.17) is 9.15 Å². The van der Waals surface area contributed by atoms with Gasteiger partial charge >= 0.3 is 5.97 Å². The third-order valence-electron chi connectivity index (χ3n) is 5.05. The fourth-order valence-electron chi connectivity index (χ4n) is 3.29. The highest BCUT2D eigenvalue weighted by atomic mass is 16.5. The summed E-state index contributed by atoms with van der Waals surface area (Å²) in [7, 11) is 0. The maximum absolute atomic E-state index is 13.3. The number of aryl methyl sites for hydroxylation is 2. The van der Waals surface area contributed by atoms with Crippen LogP contribution in [0.3, 0.4) is 0 Å². The predicted octanol–water partition coefficient (Wildman–Crippen LogP) is 5.95. The quantitative estimate of drug-likeness (QED) is 0.301. The maximum Gasteiger partial charge on any atom is 0.336 e. The van der Waals surface area contributed by atoms with Crippen molar-refractivity contribution in [3.63, 3.8) is 0 Å². The first-order chi connectivity index (χ1) is 15.0. The summed E-state index contributed by atoms with van der Waals surface area (Å²) in [5.41, 5.74) is 3.75. The molecule has 0 saturated heterocycles. The van der Waals surface area contributed by atoms with Crippen LogP contribution in [0.4, 0.5) is 0 Å². The second-order valence-electron chi connectivity index (χ2n) is 7.30. The van der Waals surface area contributed by atoms with Crippen molar-refractivity contribution in [1.29, 1.82) is 0 Å². The summed E-state index contributed by atoms with van der Waals surface area (Å²) in [6.45, 7) is 4.01. The van der Waals surface area contributed by atoms with E-state index in [1.165, 1.54) is 6.08 Å². The molecule has 1 heterocycles. The first kappa shape index (κ1) is 20.4. The number of carbonyl (C=O) groups is 1. The summed E-state index contributed by atoms with van der Waals surface area (Å²) >= 11 is 0. The summed E-state index contributed by atoms with van der Waals surface area (Å²) in [5, 5.41) is 0.393. The van der Waals surface area contributed by atoms with Crippen LogP contribution in [0.15, 0.2) is 88.1 Å². The van der Waals surface area contributed by atoms with Crippen molar-refractivity contribution in [2.45, 2.75) is 20.3 Å². The first-order valence-corrected chi connectivity index (χ1v) is 10.2. The second kappa shape index (κ2) is 8.84. The van der Waals surface area contributed by atoms with Crippen molar-refractivity contribution in [2.75, 3.05) is 0 Å². The first-order valence-electron chi connectivity index (χ1n) is 10.2. The Morgan fingerprint density at radius 2 is 1.74 bits per heavy atom. The third-order valence-corrected chi connectivity index (χ3v) is 5.05. The van der Waals surface area contributed by atoms with E-state index < -0.39 is 5.97 Å². The monoisotopic (exact) mass is 410 g/mol. The van der Waals surface area contributed by atoms with Crippen LogP contribution in [0.25, 0.3) is 28.4 Å². The molecule has 0 radical (unpaired) electrons. The SMILES string of the molecule is CCc1ccc2oc(-c3ccccc3)c(OC(=O)/C=C/c3ccc(C)cc3)c(=O)c2c1.